The van der Waals surface area contributed by atoms with Gasteiger partial charge in [-0.2, -0.15) is 0 Å². The van der Waals surface area contributed by atoms with Gasteiger partial charge >= 0.3 is 0 Å². The summed E-state index contributed by atoms with van der Waals surface area (Å²) >= 11 is 0. The first-order chi connectivity index (χ1) is 12.1. The predicted octanol–water partition coefficient (Wildman–Crippen LogP) is 1.78. The molecule has 2 aliphatic rings. The SMILES string of the molecule is Cc1c(NC(=O)[C@@H]2CCC[C@@H]2CN)cccc1C(=O)N1CCOCC1. The number of amides is 2. The molecular weight excluding hydrogens is 318 g/mol. The zero-order valence-electron chi connectivity index (χ0n) is 14.8. The smallest absolute Gasteiger partial charge is 0.254 e. The highest BCUT2D eigenvalue weighted by molar-refractivity contribution is 6.00. The minimum absolute atomic E-state index is 0.00222. The van der Waals surface area contributed by atoms with Crippen LogP contribution in [0, 0.1) is 18.8 Å². The van der Waals surface area contributed by atoms with Gasteiger partial charge in [0.15, 0.2) is 0 Å². The lowest BCUT2D eigenvalue weighted by Gasteiger charge is -2.27. The van der Waals surface area contributed by atoms with Crippen LogP contribution < -0.4 is 11.1 Å². The maximum atomic E-state index is 12.8. The molecular formula is C19H27N3O3. The Morgan fingerprint density at radius 1 is 1.28 bits per heavy atom. The number of hydrogen-bond donors (Lipinski definition) is 2. The second-order valence-electron chi connectivity index (χ2n) is 6.91. The van der Waals surface area contributed by atoms with Crippen LogP contribution >= 0.6 is 0 Å². The molecule has 0 radical (unpaired) electrons. The number of nitrogens with one attached hydrogen (secondary N) is 1. The maximum Gasteiger partial charge on any atom is 0.254 e. The standard InChI is InChI=1S/C19H27N3O3/c1-13-15(19(24)22-8-10-25-11-9-22)5-3-7-17(13)21-18(23)16-6-2-4-14(16)12-20/h3,5,7,14,16H,2,4,6,8-12,20H2,1H3,(H,21,23)/t14-,16-/m1/s1. The maximum absolute atomic E-state index is 12.8. The summed E-state index contributed by atoms with van der Waals surface area (Å²) in [5.41, 5.74) is 7.96. The highest BCUT2D eigenvalue weighted by Crippen LogP contribution is 2.32. The third-order valence-corrected chi connectivity index (χ3v) is 5.42. The molecule has 2 fully saturated rings. The van der Waals surface area contributed by atoms with Gasteiger partial charge in [-0.25, -0.2) is 0 Å². The number of nitrogens with zero attached hydrogens (tertiary/aromatic N) is 1. The summed E-state index contributed by atoms with van der Waals surface area (Å²) in [7, 11) is 0. The molecule has 2 atom stereocenters. The Bertz CT molecular complexity index is 641. The van der Waals surface area contributed by atoms with Crippen molar-refractivity contribution >= 4 is 17.5 Å². The van der Waals surface area contributed by atoms with Crippen LogP contribution in [0.25, 0.3) is 0 Å². The predicted molar refractivity (Wildman–Crippen MR) is 96.4 cm³/mol. The van der Waals surface area contributed by atoms with Crippen LogP contribution in [0.1, 0.15) is 35.2 Å². The zero-order chi connectivity index (χ0) is 17.8. The molecule has 1 saturated heterocycles. The van der Waals surface area contributed by atoms with Gasteiger partial charge in [0.05, 0.1) is 13.2 Å². The lowest BCUT2D eigenvalue weighted by atomic mass is 9.95. The summed E-state index contributed by atoms with van der Waals surface area (Å²) in [6.45, 7) is 4.79. The third-order valence-electron chi connectivity index (χ3n) is 5.42. The first-order valence-electron chi connectivity index (χ1n) is 9.09. The van der Waals surface area contributed by atoms with Gasteiger partial charge in [-0.3, -0.25) is 9.59 Å². The van der Waals surface area contributed by atoms with Crippen molar-refractivity contribution in [3.05, 3.63) is 29.3 Å². The van der Waals surface area contributed by atoms with Crippen molar-refractivity contribution in [2.45, 2.75) is 26.2 Å². The number of benzene rings is 1. The van der Waals surface area contributed by atoms with Crippen molar-refractivity contribution in [3.8, 4) is 0 Å². The van der Waals surface area contributed by atoms with E-state index in [4.69, 9.17) is 10.5 Å². The monoisotopic (exact) mass is 345 g/mol. The number of carbonyl (C=O) groups is 2. The molecule has 0 unspecified atom stereocenters. The molecule has 6 heteroatoms. The largest absolute Gasteiger partial charge is 0.378 e. The number of rotatable bonds is 4. The first-order valence-corrected chi connectivity index (χ1v) is 9.09. The van der Waals surface area contributed by atoms with Crippen molar-refractivity contribution in [1.29, 1.82) is 0 Å². The van der Waals surface area contributed by atoms with Gasteiger partial charge in [0, 0.05) is 30.3 Å². The Hall–Kier alpha value is -1.92. The lowest BCUT2D eigenvalue weighted by Crippen LogP contribution is -2.41. The molecule has 1 aromatic rings. The van der Waals surface area contributed by atoms with Gasteiger partial charge in [0.25, 0.3) is 5.91 Å². The highest BCUT2D eigenvalue weighted by atomic mass is 16.5. The van der Waals surface area contributed by atoms with Crippen molar-refractivity contribution in [2.24, 2.45) is 17.6 Å². The molecule has 1 saturated carbocycles. The second kappa shape index (κ2) is 7.97. The van der Waals surface area contributed by atoms with E-state index >= 15 is 0 Å². The quantitative estimate of drug-likeness (QED) is 0.871. The Labute approximate surface area is 148 Å². The topological polar surface area (TPSA) is 84.7 Å². The van der Waals surface area contributed by atoms with Crippen LogP contribution in [-0.4, -0.2) is 49.6 Å². The average Bonchev–Trinajstić information content (AvgIpc) is 3.12. The summed E-state index contributed by atoms with van der Waals surface area (Å²) in [5, 5.41) is 3.02. The van der Waals surface area contributed by atoms with Crippen LogP contribution in [0.15, 0.2) is 18.2 Å². The van der Waals surface area contributed by atoms with Crippen LogP contribution in [-0.2, 0) is 9.53 Å². The minimum Gasteiger partial charge on any atom is -0.378 e. The fourth-order valence-electron chi connectivity index (χ4n) is 3.83. The van der Waals surface area contributed by atoms with Crippen LogP contribution in [0.3, 0.4) is 0 Å². The molecule has 3 N–H and O–H groups in total. The van der Waals surface area contributed by atoms with E-state index in [0.717, 1.165) is 24.8 Å². The molecule has 2 amide bonds. The molecule has 1 aromatic carbocycles. The van der Waals surface area contributed by atoms with Crippen LogP contribution in [0.5, 0.6) is 0 Å². The van der Waals surface area contributed by atoms with Gasteiger partial charge in [-0.15, -0.1) is 0 Å². The number of ether oxygens (including phenoxy) is 1. The summed E-state index contributed by atoms with van der Waals surface area (Å²) in [5.74, 6) is 0.256. The van der Waals surface area contributed by atoms with Crippen LogP contribution in [0.2, 0.25) is 0 Å². The van der Waals surface area contributed by atoms with E-state index in [1.807, 2.05) is 25.1 Å². The van der Waals surface area contributed by atoms with Crippen molar-refractivity contribution < 1.29 is 14.3 Å². The molecule has 6 nitrogen and oxygen atoms in total. The van der Waals surface area contributed by atoms with Gasteiger partial charge in [-0.05, 0) is 49.9 Å². The van der Waals surface area contributed by atoms with E-state index in [-0.39, 0.29) is 23.7 Å². The molecule has 1 heterocycles. The van der Waals surface area contributed by atoms with Gasteiger partial charge in [-0.1, -0.05) is 12.5 Å². The fraction of sp³-hybridized carbons (Fsp3) is 0.579. The molecule has 0 aromatic heterocycles. The number of hydrogen-bond acceptors (Lipinski definition) is 4. The molecule has 136 valence electrons. The van der Waals surface area contributed by atoms with Crippen LogP contribution in [0.4, 0.5) is 5.69 Å². The number of carbonyl (C=O) groups excluding carboxylic acids is 2. The third kappa shape index (κ3) is 3.85. The van der Waals surface area contributed by atoms with E-state index in [0.29, 0.717) is 44.1 Å². The Balaban J connectivity index is 1.74. The molecule has 0 bridgehead atoms. The first kappa shape index (κ1) is 17.9. The Morgan fingerprint density at radius 3 is 2.76 bits per heavy atom. The van der Waals surface area contributed by atoms with Gasteiger partial charge in [0.1, 0.15) is 0 Å². The van der Waals surface area contributed by atoms with Crippen molar-refractivity contribution in [1.82, 2.24) is 4.90 Å². The minimum atomic E-state index is -0.0250. The lowest BCUT2D eigenvalue weighted by molar-refractivity contribution is -0.120. The Morgan fingerprint density at radius 2 is 2.04 bits per heavy atom. The van der Waals surface area contributed by atoms with E-state index in [1.54, 1.807) is 4.90 Å². The van der Waals surface area contributed by atoms with Crippen molar-refractivity contribution in [2.75, 3.05) is 38.2 Å². The number of anilines is 1. The van der Waals surface area contributed by atoms with E-state index in [1.165, 1.54) is 0 Å². The van der Waals surface area contributed by atoms with E-state index < -0.39 is 0 Å². The summed E-state index contributed by atoms with van der Waals surface area (Å²) in [6.07, 6.45) is 2.96. The second-order valence-corrected chi connectivity index (χ2v) is 6.91. The highest BCUT2D eigenvalue weighted by Gasteiger charge is 2.32. The summed E-state index contributed by atoms with van der Waals surface area (Å²) in [4.78, 5) is 27.2. The van der Waals surface area contributed by atoms with E-state index in [9.17, 15) is 9.59 Å². The summed E-state index contributed by atoms with van der Waals surface area (Å²) < 4.78 is 5.31. The molecule has 1 aliphatic carbocycles. The molecule has 3 rings (SSSR count). The number of morpholine rings is 1. The molecule has 0 spiro atoms. The normalized spacial score (nSPS) is 23.5. The molecule has 25 heavy (non-hydrogen) atoms. The van der Waals surface area contributed by atoms with Gasteiger partial charge < -0.3 is 20.7 Å². The fourth-order valence-corrected chi connectivity index (χ4v) is 3.83. The van der Waals surface area contributed by atoms with E-state index in [2.05, 4.69) is 5.32 Å². The molecule has 1 aliphatic heterocycles. The zero-order valence-corrected chi connectivity index (χ0v) is 14.8. The average molecular weight is 345 g/mol. The number of nitrogens with two attached hydrogens (primary N) is 1. The van der Waals surface area contributed by atoms with Gasteiger partial charge in [0.2, 0.25) is 5.91 Å². The summed E-state index contributed by atoms with van der Waals surface area (Å²) in [6, 6.07) is 5.50. The Kier molecular flexibility index (Phi) is 5.71. The van der Waals surface area contributed by atoms with Crippen molar-refractivity contribution in [3.63, 3.8) is 0 Å².